The monoisotopic (exact) mass is 316 g/mol. The van der Waals surface area contributed by atoms with E-state index in [9.17, 15) is 8.42 Å². The lowest BCUT2D eigenvalue weighted by molar-refractivity contribution is 0.244. The molecule has 1 aromatic rings. The van der Waals surface area contributed by atoms with Gasteiger partial charge in [0.25, 0.3) is 10.2 Å². The van der Waals surface area contributed by atoms with E-state index < -0.39 is 10.2 Å². The summed E-state index contributed by atoms with van der Waals surface area (Å²) in [6, 6.07) is 0.0430. The second-order valence-corrected chi connectivity index (χ2v) is 6.86. The summed E-state index contributed by atoms with van der Waals surface area (Å²) >= 11 is 0. The van der Waals surface area contributed by atoms with Gasteiger partial charge in [-0.05, 0) is 19.4 Å². The van der Waals surface area contributed by atoms with Gasteiger partial charge in [-0.1, -0.05) is 13.3 Å². The molecule has 1 atom stereocenters. The molecular formula is C12H24N6O2S. The first-order valence-corrected chi connectivity index (χ1v) is 8.89. The van der Waals surface area contributed by atoms with Gasteiger partial charge < -0.3 is 5.32 Å². The van der Waals surface area contributed by atoms with E-state index in [2.05, 4.69) is 25.2 Å². The topological polar surface area (TPSA) is 103 Å². The lowest BCUT2D eigenvalue weighted by Crippen LogP contribution is -2.52. The van der Waals surface area contributed by atoms with Crippen molar-refractivity contribution in [2.24, 2.45) is 0 Å². The summed E-state index contributed by atoms with van der Waals surface area (Å²) in [7, 11) is -3.43. The van der Waals surface area contributed by atoms with E-state index >= 15 is 0 Å². The van der Waals surface area contributed by atoms with Crippen molar-refractivity contribution < 1.29 is 8.42 Å². The van der Waals surface area contributed by atoms with Crippen molar-refractivity contribution >= 4 is 10.2 Å². The van der Waals surface area contributed by atoms with Crippen LogP contribution in [0.15, 0.2) is 6.33 Å². The van der Waals surface area contributed by atoms with Crippen molar-refractivity contribution in [3.8, 4) is 0 Å². The molecule has 1 saturated heterocycles. The average Bonchev–Trinajstić information content (AvgIpc) is 2.98. The Morgan fingerprint density at radius 2 is 2.33 bits per heavy atom. The molecule has 0 aliphatic carbocycles. The number of rotatable bonds is 8. The molecule has 3 N–H and O–H groups in total. The van der Waals surface area contributed by atoms with Gasteiger partial charge in [0, 0.05) is 32.1 Å². The van der Waals surface area contributed by atoms with Crippen molar-refractivity contribution in [1.82, 2.24) is 29.5 Å². The molecule has 0 amide bonds. The van der Waals surface area contributed by atoms with Crippen LogP contribution < -0.4 is 10.0 Å². The smallest absolute Gasteiger partial charge is 0.279 e. The predicted molar refractivity (Wildman–Crippen MR) is 79.9 cm³/mol. The highest BCUT2D eigenvalue weighted by Crippen LogP contribution is 2.19. The summed E-state index contributed by atoms with van der Waals surface area (Å²) in [5, 5.41) is 9.70. The number of likely N-dealkylation sites (N-methyl/N-ethyl adjacent to an activating group) is 1. The van der Waals surface area contributed by atoms with Crippen molar-refractivity contribution in [3.63, 3.8) is 0 Å². The third-order valence-electron chi connectivity index (χ3n) is 3.62. The number of piperidine rings is 1. The summed E-state index contributed by atoms with van der Waals surface area (Å²) in [4.78, 5) is 3.98. The molecule has 1 aromatic heterocycles. The van der Waals surface area contributed by atoms with Crippen molar-refractivity contribution in [2.75, 3.05) is 26.2 Å². The SMILES string of the molecule is CCNCC1CCCCN1S(=O)(=O)NCCc1ncn[nH]1. The molecular weight excluding hydrogens is 292 g/mol. The number of H-pyrrole nitrogens is 1. The Kier molecular flexibility index (Phi) is 6.09. The van der Waals surface area contributed by atoms with Gasteiger partial charge in [-0.15, -0.1) is 0 Å². The largest absolute Gasteiger partial charge is 0.315 e. The summed E-state index contributed by atoms with van der Waals surface area (Å²) in [6.45, 7) is 4.50. The first-order chi connectivity index (χ1) is 10.1. The van der Waals surface area contributed by atoms with Gasteiger partial charge in [0.05, 0.1) is 0 Å². The molecule has 2 heterocycles. The van der Waals surface area contributed by atoms with Crippen LogP contribution in [0.5, 0.6) is 0 Å². The number of aromatic amines is 1. The number of aromatic nitrogens is 3. The summed E-state index contributed by atoms with van der Waals surface area (Å²) in [6.07, 6.45) is 4.84. The zero-order valence-corrected chi connectivity index (χ0v) is 13.2. The molecule has 0 saturated carbocycles. The molecule has 9 heteroatoms. The van der Waals surface area contributed by atoms with E-state index in [1.807, 2.05) is 6.92 Å². The van der Waals surface area contributed by atoms with E-state index in [0.29, 0.717) is 31.9 Å². The number of nitrogens with one attached hydrogen (secondary N) is 3. The fourth-order valence-electron chi connectivity index (χ4n) is 2.54. The Balaban J connectivity index is 1.89. The van der Waals surface area contributed by atoms with Crippen molar-refractivity contribution in [2.45, 2.75) is 38.6 Å². The molecule has 1 aliphatic rings. The maximum absolute atomic E-state index is 12.4. The summed E-state index contributed by atoms with van der Waals surface area (Å²) in [5.41, 5.74) is 0. The van der Waals surface area contributed by atoms with E-state index in [-0.39, 0.29) is 6.04 Å². The van der Waals surface area contributed by atoms with Gasteiger partial charge >= 0.3 is 0 Å². The molecule has 0 spiro atoms. The van der Waals surface area contributed by atoms with Gasteiger partial charge in [0.15, 0.2) is 0 Å². The highest BCUT2D eigenvalue weighted by atomic mass is 32.2. The van der Waals surface area contributed by atoms with Crippen LogP contribution in [0.4, 0.5) is 0 Å². The van der Waals surface area contributed by atoms with Crippen molar-refractivity contribution in [1.29, 1.82) is 0 Å². The van der Waals surface area contributed by atoms with Gasteiger partial charge in [-0.2, -0.15) is 17.8 Å². The number of hydrogen-bond donors (Lipinski definition) is 3. The summed E-state index contributed by atoms with van der Waals surface area (Å²) in [5.74, 6) is 0.681. The lowest BCUT2D eigenvalue weighted by atomic mass is 10.1. The molecule has 0 bridgehead atoms. The number of nitrogens with zero attached hydrogens (tertiary/aromatic N) is 3. The van der Waals surface area contributed by atoms with Crippen LogP contribution in [0.1, 0.15) is 32.0 Å². The molecule has 0 aromatic carbocycles. The van der Waals surface area contributed by atoms with Crippen LogP contribution in [0.2, 0.25) is 0 Å². The first-order valence-electron chi connectivity index (χ1n) is 7.45. The molecule has 0 radical (unpaired) electrons. The van der Waals surface area contributed by atoms with Gasteiger partial charge in [-0.25, -0.2) is 9.71 Å². The van der Waals surface area contributed by atoms with E-state index in [4.69, 9.17) is 0 Å². The summed E-state index contributed by atoms with van der Waals surface area (Å²) < 4.78 is 29.1. The van der Waals surface area contributed by atoms with Crippen LogP contribution in [0, 0.1) is 0 Å². The quantitative estimate of drug-likeness (QED) is 0.608. The van der Waals surface area contributed by atoms with Crippen molar-refractivity contribution in [3.05, 3.63) is 12.2 Å². The molecule has 1 unspecified atom stereocenters. The van der Waals surface area contributed by atoms with Crippen LogP contribution in [-0.4, -0.2) is 60.1 Å². The second-order valence-electron chi connectivity index (χ2n) is 5.15. The Morgan fingerprint density at radius 3 is 3.05 bits per heavy atom. The van der Waals surface area contributed by atoms with Crippen LogP contribution in [-0.2, 0) is 16.6 Å². The van der Waals surface area contributed by atoms with E-state index in [0.717, 1.165) is 25.8 Å². The highest BCUT2D eigenvalue weighted by molar-refractivity contribution is 7.87. The van der Waals surface area contributed by atoms with Crippen LogP contribution in [0.25, 0.3) is 0 Å². The second kappa shape index (κ2) is 7.83. The van der Waals surface area contributed by atoms with E-state index in [1.165, 1.54) is 6.33 Å². The molecule has 1 aliphatic heterocycles. The minimum absolute atomic E-state index is 0.0430. The third kappa shape index (κ3) is 4.73. The number of hydrogen-bond acceptors (Lipinski definition) is 5. The van der Waals surface area contributed by atoms with Crippen LogP contribution >= 0.6 is 0 Å². The molecule has 2 rings (SSSR count). The standard InChI is InChI=1S/C12H24N6O2S/c1-2-13-9-11-5-3-4-8-18(11)21(19,20)16-7-6-12-14-10-15-17-12/h10-11,13,16H,2-9H2,1H3,(H,14,15,17). The maximum Gasteiger partial charge on any atom is 0.279 e. The Labute approximate surface area is 125 Å². The minimum Gasteiger partial charge on any atom is -0.315 e. The Bertz CT molecular complexity index is 504. The fourth-order valence-corrected chi connectivity index (χ4v) is 4.01. The highest BCUT2D eigenvalue weighted by Gasteiger charge is 2.31. The van der Waals surface area contributed by atoms with E-state index in [1.54, 1.807) is 4.31 Å². The fraction of sp³-hybridized carbons (Fsp3) is 0.833. The Morgan fingerprint density at radius 1 is 1.48 bits per heavy atom. The molecule has 21 heavy (non-hydrogen) atoms. The molecule has 1 fully saturated rings. The van der Waals surface area contributed by atoms with Gasteiger partial charge in [-0.3, -0.25) is 5.10 Å². The Hall–Kier alpha value is -1.03. The lowest BCUT2D eigenvalue weighted by Gasteiger charge is -2.34. The van der Waals surface area contributed by atoms with Gasteiger partial charge in [0.2, 0.25) is 0 Å². The minimum atomic E-state index is -3.43. The molecule has 8 nitrogen and oxygen atoms in total. The normalized spacial score (nSPS) is 20.7. The van der Waals surface area contributed by atoms with Gasteiger partial charge in [0.1, 0.15) is 12.2 Å². The zero-order valence-electron chi connectivity index (χ0n) is 12.4. The first kappa shape index (κ1) is 16.3. The maximum atomic E-state index is 12.4. The average molecular weight is 316 g/mol. The van der Waals surface area contributed by atoms with Crippen LogP contribution in [0.3, 0.4) is 0 Å². The zero-order chi connectivity index (χ0) is 15.1. The third-order valence-corrected chi connectivity index (χ3v) is 5.29. The molecule has 120 valence electrons. The predicted octanol–water partition coefficient (Wildman–Crippen LogP) is -0.354.